The van der Waals surface area contributed by atoms with Crippen molar-refractivity contribution in [3.8, 4) is 17.3 Å². The number of rotatable bonds is 3. The second kappa shape index (κ2) is 4.79. The summed E-state index contributed by atoms with van der Waals surface area (Å²) in [5.74, 6) is -1.29. The summed E-state index contributed by atoms with van der Waals surface area (Å²) in [6.45, 7) is 0. The SMILES string of the molecule is COc1nc(-c2ccc(F)cc2)ncc1C(=O)O. The van der Waals surface area contributed by atoms with E-state index in [1.807, 2.05) is 0 Å². The van der Waals surface area contributed by atoms with Crippen LogP contribution in [0.15, 0.2) is 30.5 Å². The van der Waals surface area contributed by atoms with Gasteiger partial charge in [-0.05, 0) is 24.3 Å². The summed E-state index contributed by atoms with van der Waals surface area (Å²) in [6.07, 6.45) is 1.16. The number of hydrogen-bond acceptors (Lipinski definition) is 4. The molecule has 2 rings (SSSR count). The van der Waals surface area contributed by atoms with E-state index in [0.29, 0.717) is 5.56 Å². The first-order valence-corrected chi connectivity index (χ1v) is 5.02. The number of ether oxygens (including phenoxy) is 1. The van der Waals surface area contributed by atoms with E-state index in [-0.39, 0.29) is 23.1 Å². The monoisotopic (exact) mass is 248 g/mol. The topological polar surface area (TPSA) is 72.3 Å². The molecule has 0 saturated heterocycles. The highest BCUT2D eigenvalue weighted by Crippen LogP contribution is 2.20. The van der Waals surface area contributed by atoms with Crippen LogP contribution in [0.2, 0.25) is 0 Å². The fourth-order valence-electron chi connectivity index (χ4n) is 1.41. The number of nitrogens with zero attached hydrogens (tertiary/aromatic N) is 2. The van der Waals surface area contributed by atoms with Gasteiger partial charge in [-0.15, -0.1) is 0 Å². The van der Waals surface area contributed by atoms with E-state index < -0.39 is 5.97 Å². The highest BCUT2D eigenvalue weighted by Gasteiger charge is 2.14. The molecule has 6 heteroatoms. The van der Waals surface area contributed by atoms with Crippen LogP contribution in [0.3, 0.4) is 0 Å². The smallest absolute Gasteiger partial charge is 0.342 e. The Balaban J connectivity index is 2.47. The van der Waals surface area contributed by atoms with Gasteiger partial charge < -0.3 is 9.84 Å². The third kappa shape index (κ3) is 2.27. The van der Waals surface area contributed by atoms with Gasteiger partial charge in [0.1, 0.15) is 11.4 Å². The second-order valence-corrected chi connectivity index (χ2v) is 3.43. The quantitative estimate of drug-likeness (QED) is 0.899. The number of carbonyl (C=O) groups is 1. The van der Waals surface area contributed by atoms with E-state index >= 15 is 0 Å². The van der Waals surface area contributed by atoms with Gasteiger partial charge in [0.05, 0.1) is 7.11 Å². The van der Waals surface area contributed by atoms with Gasteiger partial charge in [0.2, 0.25) is 5.88 Å². The van der Waals surface area contributed by atoms with Crippen LogP contribution in [0, 0.1) is 5.82 Å². The maximum absolute atomic E-state index is 12.8. The van der Waals surface area contributed by atoms with Crippen LogP contribution in [-0.4, -0.2) is 28.2 Å². The molecule has 18 heavy (non-hydrogen) atoms. The van der Waals surface area contributed by atoms with Gasteiger partial charge in [0.15, 0.2) is 5.82 Å². The molecule has 1 aromatic carbocycles. The van der Waals surface area contributed by atoms with Crippen molar-refractivity contribution in [2.75, 3.05) is 7.11 Å². The summed E-state index contributed by atoms with van der Waals surface area (Å²) >= 11 is 0. The number of aromatic carboxylic acids is 1. The largest absolute Gasteiger partial charge is 0.480 e. The lowest BCUT2D eigenvalue weighted by Gasteiger charge is -2.05. The Morgan fingerprint density at radius 2 is 2.00 bits per heavy atom. The minimum atomic E-state index is -1.17. The molecule has 0 fully saturated rings. The standard InChI is InChI=1S/C12H9FN2O3/c1-18-11-9(12(16)17)6-14-10(15-11)7-2-4-8(13)5-3-7/h2-6H,1H3,(H,16,17). The van der Waals surface area contributed by atoms with Crippen molar-refractivity contribution in [1.29, 1.82) is 0 Å². The molecule has 5 nitrogen and oxygen atoms in total. The molecule has 0 unspecified atom stereocenters. The molecule has 0 bridgehead atoms. The Morgan fingerprint density at radius 1 is 1.33 bits per heavy atom. The molecule has 0 aliphatic heterocycles. The molecular weight excluding hydrogens is 239 g/mol. The Morgan fingerprint density at radius 3 is 2.56 bits per heavy atom. The van der Waals surface area contributed by atoms with Gasteiger partial charge >= 0.3 is 5.97 Å². The molecule has 2 aromatic rings. The summed E-state index contributed by atoms with van der Waals surface area (Å²) in [5.41, 5.74) is 0.454. The van der Waals surface area contributed by atoms with Crippen LogP contribution >= 0.6 is 0 Å². The Bertz CT molecular complexity index is 584. The third-order valence-electron chi connectivity index (χ3n) is 2.28. The minimum Gasteiger partial charge on any atom is -0.480 e. The number of aromatic nitrogens is 2. The van der Waals surface area contributed by atoms with E-state index in [2.05, 4.69) is 9.97 Å². The van der Waals surface area contributed by atoms with Crippen LogP contribution in [0.4, 0.5) is 4.39 Å². The van der Waals surface area contributed by atoms with E-state index in [1.54, 1.807) is 0 Å². The lowest BCUT2D eigenvalue weighted by atomic mass is 10.2. The van der Waals surface area contributed by atoms with Crippen molar-refractivity contribution in [3.05, 3.63) is 41.8 Å². The van der Waals surface area contributed by atoms with Crippen LogP contribution < -0.4 is 4.74 Å². The van der Waals surface area contributed by atoms with Crippen LogP contribution in [-0.2, 0) is 0 Å². The number of carboxylic acid groups (broad SMARTS) is 1. The number of hydrogen-bond donors (Lipinski definition) is 1. The number of carboxylic acids is 1. The molecule has 0 atom stereocenters. The van der Waals surface area contributed by atoms with Gasteiger partial charge in [-0.2, -0.15) is 4.98 Å². The molecule has 0 aliphatic rings. The molecule has 0 spiro atoms. The summed E-state index contributed by atoms with van der Waals surface area (Å²) in [6, 6.07) is 5.56. The lowest BCUT2D eigenvalue weighted by molar-refractivity contribution is 0.0692. The van der Waals surface area contributed by atoms with Crippen molar-refractivity contribution in [3.63, 3.8) is 0 Å². The zero-order valence-corrected chi connectivity index (χ0v) is 9.42. The normalized spacial score (nSPS) is 10.1. The Kier molecular flexibility index (Phi) is 3.18. The Labute approximate surface area is 102 Å². The molecule has 1 aromatic heterocycles. The summed E-state index contributed by atoms with van der Waals surface area (Å²) in [7, 11) is 1.32. The van der Waals surface area contributed by atoms with Gasteiger partial charge in [-0.3, -0.25) is 0 Å². The van der Waals surface area contributed by atoms with Crippen molar-refractivity contribution >= 4 is 5.97 Å². The number of halogens is 1. The van der Waals surface area contributed by atoms with Crippen LogP contribution in [0.1, 0.15) is 10.4 Å². The van der Waals surface area contributed by atoms with Crippen molar-refractivity contribution < 1.29 is 19.0 Å². The maximum atomic E-state index is 12.8. The average Bonchev–Trinajstić information content (AvgIpc) is 2.38. The first-order chi connectivity index (χ1) is 8.61. The fourth-order valence-corrected chi connectivity index (χ4v) is 1.41. The highest BCUT2D eigenvalue weighted by molar-refractivity contribution is 5.90. The van der Waals surface area contributed by atoms with Gasteiger partial charge in [-0.25, -0.2) is 14.2 Å². The molecule has 1 N–H and O–H groups in total. The molecule has 0 radical (unpaired) electrons. The van der Waals surface area contributed by atoms with Crippen molar-refractivity contribution in [1.82, 2.24) is 9.97 Å². The second-order valence-electron chi connectivity index (χ2n) is 3.43. The lowest BCUT2D eigenvalue weighted by Crippen LogP contribution is -2.04. The summed E-state index contributed by atoms with van der Waals surface area (Å²) in [4.78, 5) is 18.8. The maximum Gasteiger partial charge on any atom is 0.342 e. The molecule has 1 heterocycles. The summed E-state index contributed by atoms with van der Waals surface area (Å²) in [5, 5.41) is 8.89. The molecule has 0 amide bonds. The van der Waals surface area contributed by atoms with Gasteiger partial charge in [0, 0.05) is 11.8 Å². The average molecular weight is 248 g/mol. The van der Waals surface area contributed by atoms with Gasteiger partial charge in [0.25, 0.3) is 0 Å². The minimum absolute atomic E-state index is 0.0307. The first kappa shape index (κ1) is 12.0. The number of benzene rings is 1. The third-order valence-corrected chi connectivity index (χ3v) is 2.28. The van der Waals surface area contributed by atoms with Crippen LogP contribution in [0.5, 0.6) is 5.88 Å². The van der Waals surface area contributed by atoms with Crippen molar-refractivity contribution in [2.45, 2.75) is 0 Å². The van der Waals surface area contributed by atoms with Gasteiger partial charge in [-0.1, -0.05) is 0 Å². The van der Waals surface area contributed by atoms with E-state index in [0.717, 1.165) is 6.20 Å². The molecule has 0 saturated carbocycles. The predicted octanol–water partition coefficient (Wildman–Crippen LogP) is 1.99. The Hall–Kier alpha value is -2.50. The zero-order valence-electron chi connectivity index (χ0n) is 9.42. The molecule has 92 valence electrons. The summed E-state index contributed by atoms with van der Waals surface area (Å²) < 4.78 is 17.7. The van der Waals surface area contributed by atoms with E-state index in [4.69, 9.17) is 9.84 Å². The predicted molar refractivity (Wildman–Crippen MR) is 60.9 cm³/mol. The highest BCUT2D eigenvalue weighted by atomic mass is 19.1. The van der Waals surface area contributed by atoms with E-state index in [1.165, 1.54) is 31.4 Å². The zero-order chi connectivity index (χ0) is 13.1. The molecular formula is C12H9FN2O3. The fraction of sp³-hybridized carbons (Fsp3) is 0.0833. The van der Waals surface area contributed by atoms with Crippen LogP contribution in [0.25, 0.3) is 11.4 Å². The van der Waals surface area contributed by atoms with E-state index in [9.17, 15) is 9.18 Å². The van der Waals surface area contributed by atoms with Crippen molar-refractivity contribution in [2.24, 2.45) is 0 Å². The molecule has 0 aliphatic carbocycles. The first-order valence-electron chi connectivity index (χ1n) is 5.02. The number of methoxy groups -OCH3 is 1.